The van der Waals surface area contributed by atoms with Gasteiger partial charge >= 0.3 is 5.97 Å². The number of rotatable bonds is 6. The summed E-state index contributed by atoms with van der Waals surface area (Å²) < 4.78 is 5.56. The molecule has 8 heteroatoms. The molecule has 0 aliphatic rings. The van der Waals surface area contributed by atoms with E-state index in [1.807, 2.05) is 12.1 Å². The van der Waals surface area contributed by atoms with Gasteiger partial charge in [0.2, 0.25) is 0 Å². The van der Waals surface area contributed by atoms with Crippen LogP contribution in [0.1, 0.15) is 38.8 Å². The zero-order chi connectivity index (χ0) is 20.9. The monoisotopic (exact) mass is 385 g/mol. The van der Waals surface area contributed by atoms with Crippen molar-refractivity contribution in [2.24, 2.45) is 10.9 Å². The predicted octanol–water partition coefficient (Wildman–Crippen LogP) is 3.52. The molecule has 2 aromatic rings. The molecule has 2 N–H and O–H groups in total. The lowest BCUT2D eigenvalue weighted by atomic mass is 9.87. The number of hydrogen-bond donors (Lipinski definition) is 1. The summed E-state index contributed by atoms with van der Waals surface area (Å²) in [4.78, 5) is 27.1. The van der Waals surface area contributed by atoms with Crippen LogP contribution in [0, 0.1) is 10.1 Å². The van der Waals surface area contributed by atoms with Crippen molar-refractivity contribution in [1.82, 2.24) is 0 Å². The van der Waals surface area contributed by atoms with E-state index in [0.29, 0.717) is 5.75 Å². The largest absolute Gasteiger partial charge is 0.479 e. The van der Waals surface area contributed by atoms with Crippen LogP contribution in [-0.4, -0.2) is 22.8 Å². The van der Waals surface area contributed by atoms with Crippen molar-refractivity contribution in [3.63, 3.8) is 0 Å². The molecule has 1 atom stereocenters. The van der Waals surface area contributed by atoms with E-state index in [1.54, 1.807) is 12.1 Å². The Hall–Kier alpha value is -3.42. The zero-order valence-electron chi connectivity index (χ0n) is 16.2. The molecular weight excluding hydrogens is 362 g/mol. The van der Waals surface area contributed by atoms with Crippen molar-refractivity contribution in [3.05, 3.63) is 69.8 Å². The fraction of sp³-hybridized carbons (Fsp3) is 0.300. The molecule has 0 amide bonds. The summed E-state index contributed by atoms with van der Waals surface area (Å²) in [6.07, 6.45) is -0.915. The average Bonchev–Trinajstić information content (AvgIpc) is 2.65. The van der Waals surface area contributed by atoms with Crippen molar-refractivity contribution in [2.75, 3.05) is 0 Å². The Morgan fingerprint density at radius 3 is 2.39 bits per heavy atom. The van der Waals surface area contributed by atoms with Crippen LogP contribution in [0.5, 0.6) is 5.75 Å². The fourth-order valence-electron chi connectivity index (χ4n) is 2.29. The Balaban J connectivity index is 1.99. The van der Waals surface area contributed by atoms with Crippen LogP contribution in [0.4, 0.5) is 5.69 Å². The molecule has 2 rings (SSSR count). The van der Waals surface area contributed by atoms with Gasteiger partial charge in [-0.3, -0.25) is 10.1 Å². The number of benzene rings is 2. The number of amidine groups is 1. The van der Waals surface area contributed by atoms with Gasteiger partial charge in [-0.1, -0.05) is 50.2 Å². The average molecular weight is 385 g/mol. The standard InChI is InChI=1S/C20H23N3O5/c1-13(27-17-10-8-15(9-11-17)20(2,3)4)19(24)28-22-18(21)14-6-5-7-16(12-14)23(25)26/h5-13H,1-4H3,(H2,21,22). The molecule has 0 bridgehead atoms. The maximum Gasteiger partial charge on any atom is 0.374 e. The molecule has 0 aliphatic heterocycles. The predicted molar refractivity (Wildman–Crippen MR) is 105 cm³/mol. The van der Waals surface area contributed by atoms with E-state index in [9.17, 15) is 14.9 Å². The van der Waals surface area contributed by atoms with Crippen LogP contribution in [0.3, 0.4) is 0 Å². The number of ether oxygens (including phenoxy) is 1. The van der Waals surface area contributed by atoms with Crippen molar-refractivity contribution in [3.8, 4) is 5.75 Å². The second kappa shape index (κ2) is 8.51. The topological polar surface area (TPSA) is 117 Å². The van der Waals surface area contributed by atoms with E-state index in [2.05, 4.69) is 25.9 Å². The van der Waals surface area contributed by atoms with Crippen LogP contribution < -0.4 is 10.5 Å². The van der Waals surface area contributed by atoms with Crippen LogP contribution >= 0.6 is 0 Å². The highest BCUT2D eigenvalue weighted by Gasteiger charge is 2.19. The Labute approximate surface area is 163 Å². The quantitative estimate of drug-likeness (QED) is 0.267. The maximum absolute atomic E-state index is 12.1. The minimum atomic E-state index is -0.915. The smallest absolute Gasteiger partial charge is 0.374 e. The van der Waals surface area contributed by atoms with Crippen molar-refractivity contribution < 1.29 is 19.3 Å². The number of nitro benzene ring substituents is 1. The lowest BCUT2D eigenvalue weighted by Crippen LogP contribution is -2.26. The first kappa shape index (κ1) is 20.9. The Kier molecular flexibility index (Phi) is 6.35. The van der Waals surface area contributed by atoms with Gasteiger partial charge in [-0.15, -0.1) is 0 Å². The Morgan fingerprint density at radius 2 is 1.82 bits per heavy atom. The van der Waals surface area contributed by atoms with E-state index >= 15 is 0 Å². The molecule has 0 radical (unpaired) electrons. The third-order valence-corrected chi connectivity index (χ3v) is 3.95. The summed E-state index contributed by atoms with van der Waals surface area (Å²) in [5.41, 5.74) is 7.02. The minimum Gasteiger partial charge on any atom is -0.479 e. The third-order valence-electron chi connectivity index (χ3n) is 3.95. The van der Waals surface area contributed by atoms with Gasteiger partial charge in [-0.2, -0.15) is 0 Å². The summed E-state index contributed by atoms with van der Waals surface area (Å²) in [6, 6.07) is 13.0. The van der Waals surface area contributed by atoms with E-state index < -0.39 is 17.0 Å². The SMILES string of the molecule is CC(Oc1ccc(C(C)(C)C)cc1)C(=O)ON=C(N)c1cccc([N+](=O)[O-])c1. The first-order chi connectivity index (χ1) is 13.1. The van der Waals surface area contributed by atoms with Crippen LogP contribution in [-0.2, 0) is 15.0 Å². The van der Waals surface area contributed by atoms with Gasteiger partial charge in [0.25, 0.3) is 5.69 Å². The number of nitro groups is 1. The first-order valence-electron chi connectivity index (χ1n) is 8.64. The number of non-ortho nitro benzene ring substituents is 1. The van der Waals surface area contributed by atoms with Gasteiger partial charge in [-0.25, -0.2) is 4.79 Å². The number of carbonyl (C=O) groups is 1. The lowest BCUT2D eigenvalue weighted by molar-refractivity contribution is -0.384. The molecule has 8 nitrogen and oxygen atoms in total. The molecule has 148 valence electrons. The molecule has 0 spiro atoms. The number of carbonyl (C=O) groups excluding carboxylic acids is 1. The molecule has 0 aromatic heterocycles. The molecule has 28 heavy (non-hydrogen) atoms. The molecule has 0 saturated carbocycles. The fourth-order valence-corrected chi connectivity index (χ4v) is 2.29. The summed E-state index contributed by atoms with van der Waals surface area (Å²) in [5, 5.41) is 14.3. The number of hydrogen-bond acceptors (Lipinski definition) is 6. The van der Waals surface area contributed by atoms with Gasteiger partial charge in [0.15, 0.2) is 11.9 Å². The maximum atomic E-state index is 12.1. The van der Waals surface area contributed by atoms with Crippen LogP contribution in [0.2, 0.25) is 0 Å². The van der Waals surface area contributed by atoms with Crippen molar-refractivity contribution in [2.45, 2.75) is 39.2 Å². The van der Waals surface area contributed by atoms with Crippen molar-refractivity contribution in [1.29, 1.82) is 0 Å². The zero-order valence-corrected chi connectivity index (χ0v) is 16.2. The number of oxime groups is 1. The number of nitrogens with two attached hydrogens (primary N) is 1. The van der Waals surface area contributed by atoms with Crippen LogP contribution in [0.15, 0.2) is 53.7 Å². The molecule has 2 aromatic carbocycles. The second-order valence-corrected chi connectivity index (χ2v) is 7.23. The molecule has 0 aliphatic carbocycles. The third kappa shape index (κ3) is 5.54. The minimum absolute atomic E-state index is 0.0157. The van der Waals surface area contributed by atoms with E-state index in [0.717, 1.165) is 5.56 Å². The summed E-state index contributed by atoms with van der Waals surface area (Å²) in [5.74, 6) is -0.375. The normalized spacial score (nSPS) is 12.9. The van der Waals surface area contributed by atoms with Gasteiger partial charge in [0.1, 0.15) is 5.75 Å². The van der Waals surface area contributed by atoms with E-state index in [4.69, 9.17) is 15.3 Å². The highest BCUT2D eigenvalue weighted by molar-refractivity contribution is 5.98. The van der Waals surface area contributed by atoms with E-state index in [-0.39, 0.29) is 22.5 Å². The van der Waals surface area contributed by atoms with Crippen LogP contribution in [0.25, 0.3) is 0 Å². The highest BCUT2D eigenvalue weighted by atomic mass is 16.7. The van der Waals surface area contributed by atoms with Gasteiger partial charge in [-0.05, 0) is 30.0 Å². The van der Waals surface area contributed by atoms with Gasteiger partial charge < -0.3 is 15.3 Å². The molecule has 0 saturated heterocycles. The summed E-state index contributed by atoms with van der Waals surface area (Å²) in [6.45, 7) is 7.84. The molecule has 0 fully saturated rings. The van der Waals surface area contributed by atoms with E-state index in [1.165, 1.54) is 31.2 Å². The van der Waals surface area contributed by atoms with Gasteiger partial charge in [0, 0.05) is 17.7 Å². The summed E-state index contributed by atoms with van der Waals surface area (Å²) >= 11 is 0. The Morgan fingerprint density at radius 1 is 1.18 bits per heavy atom. The lowest BCUT2D eigenvalue weighted by Gasteiger charge is -2.19. The molecular formula is C20H23N3O5. The summed E-state index contributed by atoms with van der Waals surface area (Å²) in [7, 11) is 0. The first-order valence-corrected chi connectivity index (χ1v) is 8.64. The number of nitrogens with zero attached hydrogens (tertiary/aromatic N) is 2. The van der Waals surface area contributed by atoms with Gasteiger partial charge in [0.05, 0.1) is 4.92 Å². The highest BCUT2D eigenvalue weighted by Crippen LogP contribution is 2.24. The molecule has 1 unspecified atom stereocenters. The van der Waals surface area contributed by atoms with Crippen molar-refractivity contribution >= 4 is 17.5 Å². The molecule has 0 heterocycles. The Bertz CT molecular complexity index is 885. The second-order valence-electron chi connectivity index (χ2n) is 7.23.